The molecule has 1 N–H and O–H groups in total. The molecule has 1 fully saturated rings. The van der Waals surface area contributed by atoms with E-state index in [2.05, 4.69) is 40.6 Å². The van der Waals surface area contributed by atoms with Crippen LogP contribution in [0.15, 0.2) is 42.6 Å². The van der Waals surface area contributed by atoms with E-state index in [1.165, 1.54) is 11.3 Å². The van der Waals surface area contributed by atoms with Crippen molar-refractivity contribution in [2.24, 2.45) is 0 Å². The van der Waals surface area contributed by atoms with Crippen LogP contribution >= 0.6 is 11.8 Å². The molecule has 2 aromatic rings. The smallest absolute Gasteiger partial charge is 0.225 e. The highest BCUT2D eigenvalue weighted by Crippen LogP contribution is 2.26. The van der Waals surface area contributed by atoms with Crippen molar-refractivity contribution in [1.29, 1.82) is 0 Å². The van der Waals surface area contributed by atoms with Gasteiger partial charge in [0, 0.05) is 37.4 Å². The lowest BCUT2D eigenvalue weighted by Crippen LogP contribution is -2.41. The monoisotopic (exact) mass is 386 g/mol. The lowest BCUT2D eigenvalue weighted by molar-refractivity contribution is -0.116. The van der Waals surface area contributed by atoms with Crippen LogP contribution in [0.2, 0.25) is 0 Å². The zero-order chi connectivity index (χ0) is 19.1. The van der Waals surface area contributed by atoms with Crippen molar-refractivity contribution in [2.45, 2.75) is 44.7 Å². The molecule has 0 unspecified atom stereocenters. The molecule has 1 aliphatic rings. The molecule has 1 aromatic heterocycles. The number of carbonyl (C=O) groups excluding carboxylic acids is 1. The minimum atomic E-state index is 0.0478. The van der Waals surface area contributed by atoms with Gasteiger partial charge < -0.3 is 5.32 Å². The summed E-state index contributed by atoms with van der Waals surface area (Å²) in [7, 11) is 0. The van der Waals surface area contributed by atoms with Crippen molar-refractivity contribution >= 4 is 23.5 Å². The van der Waals surface area contributed by atoms with Crippen LogP contribution in [0.25, 0.3) is 0 Å². The van der Waals surface area contributed by atoms with Crippen molar-refractivity contribution < 1.29 is 4.79 Å². The molecular formula is C21H30N4OS. The molecular weight excluding hydrogens is 356 g/mol. The van der Waals surface area contributed by atoms with Gasteiger partial charge in [-0.05, 0) is 38.0 Å². The number of thioether (sulfide) groups is 1. The van der Waals surface area contributed by atoms with Gasteiger partial charge in [-0.1, -0.05) is 30.3 Å². The molecule has 1 atom stereocenters. The fourth-order valence-corrected chi connectivity index (χ4v) is 4.42. The number of hydrogen-bond acceptors (Lipinski definition) is 4. The first-order valence-electron chi connectivity index (χ1n) is 9.77. The van der Waals surface area contributed by atoms with Gasteiger partial charge in [-0.3, -0.25) is 9.69 Å². The lowest BCUT2D eigenvalue weighted by Gasteiger charge is -2.36. The molecule has 3 rings (SSSR count). The number of aromatic nitrogens is 2. The van der Waals surface area contributed by atoms with Crippen molar-refractivity contribution in [1.82, 2.24) is 14.7 Å². The third-order valence-corrected chi connectivity index (χ3v) is 6.11. The number of nitrogens with zero attached hydrogens (tertiary/aromatic N) is 3. The minimum Gasteiger partial charge on any atom is -0.311 e. The summed E-state index contributed by atoms with van der Waals surface area (Å²) in [4.78, 5) is 14.9. The van der Waals surface area contributed by atoms with Gasteiger partial charge in [0.15, 0.2) is 0 Å². The number of carbonyl (C=O) groups is 1. The fraction of sp³-hybridized carbons (Fsp3) is 0.524. The van der Waals surface area contributed by atoms with E-state index >= 15 is 0 Å². The molecule has 27 heavy (non-hydrogen) atoms. The highest BCUT2D eigenvalue weighted by molar-refractivity contribution is 7.98. The summed E-state index contributed by atoms with van der Waals surface area (Å²) < 4.78 is 2.01. The summed E-state index contributed by atoms with van der Waals surface area (Å²) >= 11 is 1.91. The zero-order valence-electron chi connectivity index (χ0n) is 16.3. The van der Waals surface area contributed by atoms with Crippen molar-refractivity contribution in [3.63, 3.8) is 0 Å². The van der Waals surface area contributed by atoms with Crippen LogP contribution in [0.4, 0.5) is 5.82 Å². The molecule has 1 saturated heterocycles. The number of nitrogens with one attached hydrogen (secondary N) is 1. The number of anilines is 1. The van der Waals surface area contributed by atoms with Gasteiger partial charge in [0.05, 0.1) is 12.2 Å². The van der Waals surface area contributed by atoms with Crippen LogP contribution in [0.1, 0.15) is 37.8 Å². The third-order valence-electron chi connectivity index (χ3n) is 5.30. The van der Waals surface area contributed by atoms with Crippen molar-refractivity contribution in [3.8, 4) is 0 Å². The Hall–Kier alpha value is -1.79. The van der Waals surface area contributed by atoms with E-state index in [0.717, 1.165) is 38.2 Å². The minimum absolute atomic E-state index is 0.0478. The van der Waals surface area contributed by atoms with Crippen molar-refractivity contribution in [3.05, 3.63) is 48.2 Å². The first-order valence-corrected chi connectivity index (χ1v) is 11.2. The first kappa shape index (κ1) is 20.0. The summed E-state index contributed by atoms with van der Waals surface area (Å²) in [6.45, 7) is 4.49. The standard InChI is InChI=1S/C21H30N4OS/c1-17(16-27-2)24-14-11-19(12-15-24)25-20(10-13-22-25)23-21(26)9-8-18-6-4-3-5-7-18/h3-7,10,13,17,19H,8-9,11-12,14-16H2,1-2H3,(H,23,26)/t17-/m0/s1. The maximum Gasteiger partial charge on any atom is 0.225 e. The Balaban J connectivity index is 1.51. The fourth-order valence-electron chi connectivity index (χ4n) is 3.73. The van der Waals surface area contributed by atoms with Crippen LogP contribution in [0.5, 0.6) is 0 Å². The summed E-state index contributed by atoms with van der Waals surface area (Å²) in [5.41, 5.74) is 1.19. The number of likely N-dealkylation sites (tertiary alicyclic amines) is 1. The number of hydrogen-bond donors (Lipinski definition) is 1. The predicted octanol–water partition coefficient (Wildman–Crippen LogP) is 3.84. The van der Waals surface area contributed by atoms with Crippen molar-refractivity contribution in [2.75, 3.05) is 30.4 Å². The van der Waals surface area contributed by atoms with Gasteiger partial charge in [0.1, 0.15) is 5.82 Å². The van der Waals surface area contributed by atoms with Gasteiger partial charge in [-0.2, -0.15) is 16.9 Å². The molecule has 146 valence electrons. The van der Waals surface area contributed by atoms with Gasteiger partial charge in [-0.25, -0.2) is 4.68 Å². The molecule has 1 aliphatic heterocycles. The largest absolute Gasteiger partial charge is 0.311 e. The normalized spacial score (nSPS) is 17.0. The molecule has 1 amide bonds. The van der Waals surface area contributed by atoms with Gasteiger partial charge in [-0.15, -0.1) is 0 Å². The van der Waals surface area contributed by atoms with Gasteiger partial charge in [0.2, 0.25) is 5.91 Å². The second-order valence-electron chi connectivity index (χ2n) is 7.27. The Kier molecular flexibility index (Phi) is 7.35. The first-order chi connectivity index (χ1) is 13.2. The molecule has 0 spiro atoms. The Morgan fingerprint density at radius 3 is 2.70 bits per heavy atom. The Morgan fingerprint density at radius 2 is 2.00 bits per heavy atom. The Labute approximate surface area is 166 Å². The summed E-state index contributed by atoms with van der Waals surface area (Å²) in [5.74, 6) is 2.05. The van der Waals surface area contributed by atoms with Gasteiger partial charge >= 0.3 is 0 Å². The molecule has 0 aliphatic carbocycles. The van der Waals surface area contributed by atoms with Crippen LogP contribution in [0.3, 0.4) is 0 Å². The highest BCUT2D eigenvalue weighted by Gasteiger charge is 2.25. The lowest BCUT2D eigenvalue weighted by atomic mass is 10.0. The Morgan fingerprint density at radius 1 is 1.26 bits per heavy atom. The Bertz CT molecular complexity index is 710. The van der Waals surface area contributed by atoms with Crippen LogP contribution in [0, 0.1) is 0 Å². The number of benzene rings is 1. The van der Waals surface area contributed by atoms with Crippen LogP contribution in [-0.2, 0) is 11.2 Å². The third kappa shape index (κ3) is 5.59. The molecule has 2 heterocycles. The van der Waals surface area contributed by atoms with Crippen LogP contribution < -0.4 is 5.32 Å². The summed E-state index contributed by atoms with van der Waals surface area (Å²) in [6.07, 6.45) is 7.35. The number of piperidine rings is 1. The zero-order valence-corrected chi connectivity index (χ0v) is 17.1. The average molecular weight is 387 g/mol. The molecule has 6 heteroatoms. The van der Waals surface area contributed by atoms with E-state index in [1.54, 1.807) is 6.20 Å². The molecule has 0 bridgehead atoms. The van der Waals surface area contributed by atoms with E-state index in [-0.39, 0.29) is 5.91 Å². The maximum atomic E-state index is 12.4. The second kappa shape index (κ2) is 9.95. The van der Waals surface area contributed by atoms with E-state index in [4.69, 9.17) is 0 Å². The topological polar surface area (TPSA) is 50.2 Å². The molecule has 0 radical (unpaired) electrons. The molecule has 0 saturated carbocycles. The maximum absolute atomic E-state index is 12.4. The second-order valence-corrected chi connectivity index (χ2v) is 8.18. The van der Waals surface area contributed by atoms with Crippen LogP contribution in [-0.4, -0.2) is 51.7 Å². The quantitative estimate of drug-likeness (QED) is 0.749. The van der Waals surface area contributed by atoms with E-state index in [0.29, 0.717) is 18.5 Å². The van der Waals surface area contributed by atoms with E-state index in [1.807, 2.05) is 40.7 Å². The SMILES string of the molecule is CSC[C@H](C)N1CCC(n2nccc2NC(=O)CCc2ccccc2)CC1. The molecule has 5 nitrogen and oxygen atoms in total. The highest BCUT2D eigenvalue weighted by atomic mass is 32.2. The number of amides is 1. The van der Waals surface area contributed by atoms with E-state index in [9.17, 15) is 4.79 Å². The number of aryl methyl sites for hydroxylation is 1. The predicted molar refractivity (Wildman–Crippen MR) is 113 cm³/mol. The molecule has 1 aromatic carbocycles. The average Bonchev–Trinajstić information content (AvgIpc) is 3.15. The number of rotatable bonds is 8. The summed E-state index contributed by atoms with van der Waals surface area (Å²) in [5, 5.41) is 7.55. The summed E-state index contributed by atoms with van der Waals surface area (Å²) in [6, 6.07) is 13.0. The van der Waals surface area contributed by atoms with Gasteiger partial charge in [0.25, 0.3) is 0 Å². The van der Waals surface area contributed by atoms with E-state index < -0.39 is 0 Å².